The van der Waals surface area contributed by atoms with Gasteiger partial charge in [-0.25, -0.2) is 0 Å². The molecule has 0 saturated heterocycles. The quantitative estimate of drug-likeness (QED) is 0.734. The molecule has 6 nitrogen and oxygen atoms in total. The molecule has 0 fully saturated rings. The van der Waals surface area contributed by atoms with Crippen molar-refractivity contribution in [3.63, 3.8) is 0 Å². The Bertz CT molecular complexity index is 833. The second-order valence-corrected chi connectivity index (χ2v) is 5.86. The van der Waals surface area contributed by atoms with Crippen LogP contribution < -0.4 is 10.6 Å². The van der Waals surface area contributed by atoms with E-state index in [9.17, 15) is 9.59 Å². The Hall–Kier alpha value is -2.73. The molecule has 0 radical (unpaired) electrons. The van der Waals surface area contributed by atoms with Gasteiger partial charge < -0.3 is 10.6 Å². The predicted octanol–water partition coefficient (Wildman–Crippen LogP) is 1.60. The van der Waals surface area contributed by atoms with Crippen molar-refractivity contribution >= 4 is 17.4 Å². The lowest BCUT2D eigenvalue weighted by molar-refractivity contribution is -0.115. The van der Waals surface area contributed by atoms with Crippen molar-refractivity contribution in [3.8, 4) is 0 Å². The highest BCUT2D eigenvalue weighted by Crippen LogP contribution is 2.41. The lowest BCUT2D eigenvalue weighted by atomic mass is 9.79. The summed E-state index contributed by atoms with van der Waals surface area (Å²) in [6, 6.07) is 7.46. The number of nitrogens with one attached hydrogen (secondary N) is 3. The van der Waals surface area contributed by atoms with Crippen LogP contribution in [0.3, 0.4) is 0 Å². The summed E-state index contributed by atoms with van der Waals surface area (Å²) in [6.45, 7) is 2.52. The molecule has 2 aliphatic heterocycles. The maximum absolute atomic E-state index is 12.5. The van der Waals surface area contributed by atoms with E-state index >= 15 is 0 Å². The van der Waals surface area contributed by atoms with Gasteiger partial charge in [-0.15, -0.1) is 0 Å². The van der Waals surface area contributed by atoms with E-state index in [0.29, 0.717) is 18.7 Å². The van der Waals surface area contributed by atoms with Crippen molar-refractivity contribution in [2.75, 3.05) is 18.4 Å². The first-order valence-corrected chi connectivity index (χ1v) is 7.53. The Labute approximate surface area is 133 Å². The number of carbonyl (C=O) groups excluding carboxylic acids is 2. The third-order valence-corrected chi connectivity index (χ3v) is 4.41. The number of aromatic nitrogens is 2. The summed E-state index contributed by atoms with van der Waals surface area (Å²) >= 11 is 0. The van der Waals surface area contributed by atoms with Crippen LogP contribution in [0.15, 0.2) is 41.7 Å². The summed E-state index contributed by atoms with van der Waals surface area (Å²) in [4.78, 5) is 23.9. The van der Waals surface area contributed by atoms with E-state index in [2.05, 4.69) is 20.8 Å². The number of fused-ring (bicyclic) bond motifs is 1. The first kappa shape index (κ1) is 13.9. The minimum absolute atomic E-state index is 0.0312. The van der Waals surface area contributed by atoms with Crippen LogP contribution in [0.5, 0.6) is 0 Å². The lowest BCUT2D eigenvalue weighted by Gasteiger charge is -2.32. The lowest BCUT2D eigenvalue weighted by Crippen LogP contribution is -2.39. The van der Waals surface area contributed by atoms with Gasteiger partial charge in [0.05, 0.1) is 12.7 Å². The zero-order valence-corrected chi connectivity index (χ0v) is 12.6. The maximum Gasteiger partial charge on any atom is 0.175 e. The molecule has 0 saturated carbocycles. The Kier molecular flexibility index (Phi) is 3.12. The normalized spacial score (nSPS) is 19.9. The van der Waals surface area contributed by atoms with Gasteiger partial charge in [-0.2, -0.15) is 5.10 Å². The molecule has 2 aliphatic rings. The van der Waals surface area contributed by atoms with Gasteiger partial charge in [-0.3, -0.25) is 14.7 Å². The van der Waals surface area contributed by atoms with Crippen molar-refractivity contribution in [1.29, 1.82) is 0 Å². The molecule has 6 heteroatoms. The van der Waals surface area contributed by atoms with Crippen LogP contribution in [0.25, 0.3) is 0 Å². The first-order valence-electron chi connectivity index (χ1n) is 7.53. The second kappa shape index (κ2) is 5.17. The summed E-state index contributed by atoms with van der Waals surface area (Å²) in [5.41, 5.74) is 4.28. The van der Waals surface area contributed by atoms with E-state index in [1.807, 2.05) is 24.3 Å². The fourth-order valence-electron chi connectivity index (χ4n) is 3.28. The summed E-state index contributed by atoms with van der Waals surface area (Å²) in [6.07, 6.45) is 1.75. The van der Waals surface area contributed by atoms with Crippen molar-refractivity contribution in [2.45, 2.75) is 12.8 Å². The van der Waals surface area contributed by atoms with Gasteiger partial charge in [0.15, 0.2) is 11.6 Å². The molecule has 1 aromatic heterocycles. The number of hydrogen-bond donors (Lipinski definition) is 3. The van der Waals surface area contributed by atoms with E-state index in [1.165, 1.54) is 0 Å². The minimum atomic E-state index is -0.157. The molecule has 0 spiro atoms. The van der Waals surface area contributed by atoms with Crippen LogP contribution >= 0.6 is 0 Å². The van der Waals surface area contributed by atoms with Gasteiger partial charge in [0, 0.05) is 34.9 Å². The Balaban J connectivity index is 1.85. The molecule has 2 aromatic rings. The molecule has 3 N–H and O–H groups in total. The topological polar surface area (TPSA) is 86.9 Å². The molecule has 0 bridgehead atoms. The number of carbonyl (C=O) groups is 2. The first-order chi connectivity index (χ1) is 11.1. The Morgan fingerprint density at radius 2 is 2.00 bits per heavy atom. The van der Waals surface area contributed by atoms with Crippen LogP contribution in [-0.2, 0) is 4.79 Å². The molecule has 0 aliphatic carbocycles. The van der Waals surface area contributed by atoms with E-state index in [1.54, 1.807) is 13.1 Å². The highest BCUT2D eigenvalue weighted by atomic mass is 16.1. The van der Waals surface area contributed by atoms with Crippen LogP contribution in [0.1, 0.15) is 34.3 Å². The molecule has 1 aromatic carbocycles. The van der Waals surface area contributed by atoms with Crippen LogP contribution in [0.2, 0.25) is 0 Å². The Morgan fingerprint density at radius 3 is 2.74 bits per heavy atom. The van der Waals surface area contributed by atoms with Crippen molar-refractivity contribution < 1.29 is 9.59 Å². The number of ketones is 2. The summed E-state index contributed by atoms with van der Waals surface area (Å²) in [7, 11) is 0. The number of rotatable bonds is 2. The van der Waals surface area contributed by atoms with Gasteiger partial charge in [0.25, 0.3) is 0 Å². The third kappa shape index (κ3) is 2.19. The molecule has 4 rings (SSSR count). The Morgan fingerprint density at radius 1 is 1.22 bits per heavy atom. The average Bonchev–Trinajstić information content (AvgIpc) is 3.01. The molecular weight excluding hydrogens is 292 g/mol. The molecule has 3 heterocycles. The number of nitrogens with zero attached hydrogens (tertiary/aromatic N) is 1. The largest absolute Gasteiger partial charge is 0.342 e. The molecule has 0 amide bonds. The number of aromatic amines is 1. The zero-order chi connectivity index (χ0) is 16.0. The molecule has 1 atom stereocenters. The third-order valence-electron chi connectivity index (χ3n) is 4.41. The van der Waals surface area contributed by atoms with Crippen molar-refractivity contribution in [1.82, 2.24) is 15.5 Å². The number of anilines is 1. The van der Waals surface area contributed by atoms with E-state index < -0.39 is 0 Å². The van der Waals surface area contributed by atoms with E-state index in [0.717, 1.165) is 28.2 Å². The fraction of sp³-hybridized carbons (Fsp3) is 0.235. The van der Waals surface area contributed by atoms with Gasteiger partial charge in [-0.1, -0.05) is 24.3 Å². The summed E-state index contributed by atoms with van der Waals surface area (Å²) in [5.74, 6) is 0.784. The predicted molar refractivity (Wildman–Crippen MR) is 85.4 cm³/mol. The van der Waals surface area contributed by atoms with Crippen molar-refractivity contribution in [2.24, 2.45) is 0 Å². The van der Waals surface area contributed by atoms with Gasteiger partial charge in [0.2, 0.25) is 0 Å². The van der Waals surface area contributed by atoms with Crippen LogP contribution in [0.4, 0.5) is 5.82 Å². The second-order valence-electron chi connectivity index (χ2n) is 5.86. The SMILES string of the molecule is CC(=O)c1ccc(C2C3=C(CNCC3=O)Nc3[nH]ncc32)cc1. The average molecular weight is 308 g/mol. The number of H-pyrrole nitrogens is 1. The zero-order valence-electron chi connectivity index (χ0n) is 12.6. The van der Waals surface area contributed by atoms with E-state index in [-0.39, 0.29) is 17.5 Å². The standard InChI is InChI=1S/C17H16N4O2/c1-9(22)10-2-4-11(5-3-10)15-12-6-19-21-17(12)20-13-7-18-8-14(23)16(13)15/h2-6,15,18H,7-8H2,1H3,(H2,19,20,21). The van der Waals surface area contributed by atoms with Gasteiger partial charge in [0.1, 0.15) is 5.82 Å². The van der Waals surface area contributed by atoms with Crippen LogP contribution in [-0.4, -0.2) is 34.9 Å². The molecule has 1 unspecified atom stereocenters. The summed E-state index contributed by atoms with van der Waals surface area (Å²) in [5, 5.41) is 13.4. The monoisotopic (exact) mass is 308 g/mol. The van der Waals surface area contributed by atoms with Crippen molar-refractivity contribution in [3.05, 3.63) is 58.4 Å². The molecule has 23 heavy (non-hydrogen) atoms. The minimum Gasteiger partial charge on any atom is -0.342 e. The molecule has 116 valence electrons. The van der Waals surface area contributed by atoms with Gasteiger partial charge in [-0.05, 0) is 12.5 Å². The van der Waals surface area contributed by atoms with Crippen LogP contribution in [0, 0.1) is 0 Å². The van der Waals surface area contributed by atoms with Gasteiger partial charge >= 0.3 is 0 Å². The highest BCUT2D eigenvalue weighted by molar-refractivity contribution is 6.02. The highest BCUT2D eigenvalue weighted by Gasteiger charge is 2.35. The number of Topliss-reactive ketones (excluding diaryl/α,β-unsaturated/α-hetero) is 2. The van der Waals surface area contributed by atoms with E-state index in [4.69, 9.17) is 0 Å². The fourth-order valence-corrected chi connectivity index (χ4v) is 3.28. The number of benzene rings is 1. The molecular formula is C17H16N4O2. The maximum atomic E-state index is 12.5. The number of hydrogen-bond acceptors (Lipinski definition) is 5. The smallest absolute Gasteiger partial charge is 0.175 e. The summed E-state index contributed by atoms with van der Waals surface area (Å²) < 4.78 is 0.